The van der Waals surface area contributed by atoms with Crippen LogP contribution in [-0.4, -0.2) is 19.3 Å². The summed E-state index contributed by atoms with van der Waals surface area (Å²) in [4.78, 5) is 0. The van der Waals surface area contributed by atoms with E-state index in [0.717, 1.165) is 23.7 Å². The summed E-state index contributed by atoms with van der Waals surface area (Å²) in [7, 11) is 0. The van der Waals surface area contributed by atoms with Crippen molar-refractivity contribution in [3.63, 3.8) is 0 Å². The first-order valence-electron chi connectivity index (χ1n) is 5.61. The molecule has 2 aliphatic rings. The van der Waals surface area contributed by atoms with Crippen LogP contribution in [0.1, 0.15) is 22.7 Å². The quantitative estimate of drug-likeness (QED) is 0.754. The molecule has 1 aliphatic carbocycles. The second kappa shape index (κ2) is 3.71. The lowest BCUT2D eigenvalue weighted by molar-refractivity contribution is -0.137. The highest BCUT2D eigenvalue weighted by atomic mass is 19.4. The van der Waals surface area contributed by atoms with Crippen LogP contribution in [0, 0.1) is 0 Å². The number of fused-ring (bicyclic) bond motifs is 3. The number of benzene rings is 1. The fraction of sp³-hybridized carbons (Fsp3) is 0.500. The monoisotopic (exact) mass is 243 g/mol. The van der Waals surface area contributed by atoms with Gasteiger partial charge >= 0.3 is 6.18 Å². The van der Waals surface area contributed by atoms with E-state index < -0.39 is 11.7 Å². The van der Waals surface area contributed by atoms with E-state index in [4.69, 9.17) is 4.74 Å². The Labute approximate surface area is 96.8 Å². The maximum Gasteiger partial charge on any atom is 0.416 e. The Morgan fingerprint density at radius 3 is 2.88 bits per heavy atom. The molecule has 0 amide bonds. The number of ether oxygens (including phenoxy) is 1. The van der Waals surface area contributed by atoms with Crippen molar-refractivity contribution >= 4 is 0 Å². The van der Waals surface area contributed by atoms with Crippen molar-refractivity contribution in [1.29, 1.82) is 0 Å². The van der Waals surface area contributed by atoms with Gasteiger partial charge in [-0.25, -0.2) is 0 Å². The Morgan fingerprint density at radius 1 is 1.29 bits per heavy atom. The van der Waals surface area contributed by atoms with Gasteiger partial charge in [-0.15, -0.1) is 0 Å². The molecule has 1 fully saturated rings. The second-order valence-electron chi connectivity index (χ2n) is 4.46. The lowest BCUT2D eigenvalue weighted by atomic mass is 10.0. The SMILES string of the molecule is FC(F)(F)c1ccc2c(c1)CC1OCCNC21. The van der Waals surface area contributed by atoms with Gasteiger partial charge in [0.2, 0.25) is 0 Å². The number of halogens is 3. The van der Waals surface area contributed by atoms with Gasteiger partial charge in [-0.05, 0) is 23.3 Å². The normalized spacial score (nSPS) is 27.7. The molecule has 17 heavy (non-hydrogen) atoms. The highest BCUT2D eigenvalue weighted by Crippen LogP contribution is 2.38. The van der Waals surface area contributed by atoms with Crippen LogP contribution in [0.3, 0.4) is 0 Å². The summed E-state index contributed by atoms with van der Waals surface area (Å²) in [6.07, 6.45) is -3.71. The maximum atomic E-state index is 12.6. The summed E-state index contributed by atoms with van der Waals surface area (Å²) in [6, 6.07) is 4.03. The highest BCUT2D eigenvalue weighted by molar-refractivity contribution is 5.40. The van der Waals surface area contributed by atoms with E-state index in [0.29, 0.717) is 13.0 Å². The molecule has 0 aromatic heterocycles. The van der Waals surface area contributed by atoms with Crippen molar-refractivity contribution in [2.75, 3.05) is 13.2 Å². The maximum absolute atomic E-state index is 12.6. The predicted molar refractivity (Wildman–Crippen MR) is 55.6 cm³/mol. The highest BCUT2D eigenvalue weighted by Gasteiger charge is 2.38. The van der Waals surface area contributed by atoms with Gasteiger partial charge in [-0.3, -0.25) is 0 Å². The van der Waals surface area contributed by atoms with Crippen LogP contribution in [0.15, 0.2) is 18.2 Å². The smallest absolute Gasteiger partial charge is 0.375 e. The molecule has 1 heterocycles. The van der Waals surface area contributed by atoms with Crippen molar-refractivity contribution < 1.29 is 17.9 Å². The van der Waals surface area contributed by atoms with Crippen molar-refractivity contribution in [3.8, 4) is 0 Å². The molecule has 3 rings (SSSR count). The zero-order valence-electron chi connectivity index (χ0n) is 9.05. The van der Waals surface area contributed by atoms with Crippen LogP contribution >= 0.6 is 0 Å². The average molecular weight is 243 g/mol. The van der Waals surface area contributed by atoms with Gasteiger partial charge in [0.1, 0.15) is 0 Å². The lowest BCUT2D eigenvalue weighted by Crippen LogP contribution is -2.39. The second-order valence-corrected chi connectivity index (χ2v) is 4.46. The van der Waals surface area contributed by atoms with E-state index >= 15 is 0 Å². The Hall–Kier alpha value is -1.07. The molecule has 0 bridgehead atoms. The minimum atomic E-state index is -4.27. The van der Waals surface area contributed by atoms with Gasteiger partial charge in [-0.1, -0.05) is 6.07 Å². The van der Waals surface area contributed by atoms with Crippen molar-refractivity contribution in [2.45, 2.75) is 24.7 Å². The molecule has 2 unspecified atom stereocenters. The molecule has 92 valence electrons. The number of morpholine rings is 1. The van der Waals surface area contributed by atoms with E-state index in [1.807, 2.05) is 0 Å². The summed E-state index contributed by atoms with van der Waals surface area (Å²) >= 11 is 0. The number of hydrogen-bond acceptors (Lipinski definition) is 2. The van der Waals surface area contributed by atoms with Gasteiger partial charge in [0.05, 0.1) is 24.3 Å². The Morgan fingerprint density at radius 2 is 2.12 bits per heavy atom. The number of hydrogen-bond donors (Lipinski definition) is 1. The van der Waals surface area contributed by atoms with Crippen LogP contribution in [0.25, 0.3) is 0 Å². The van der Waals surface area contributed by atoms with Gasteiger partial charge in [0.25, 0.3) is 0 Å². The molecule has 2 nitrogen and oxygen atoms in total. The molecule has 0 radical (unpaired) electrons. The number of rotatable bonds is 0. The Bertz CT molecular complexity index is 444. The van der Waals surface area contributed by atoms with Crippen LogP contribution in [0.4, 0.5) is 13.2 Å². The largest absolute Gasteiger partial charge is 0.416 e. The van der Waals surface area contributed by atoms with Crippen molar-refractivity contribution in [2.24, 2.45) is 0 Å². The average Bonchev–Trinajstić information content (AvgIpc) is 2.65. The lowest BCUT2D eigenvalue weighted by Gasteiger charge is -2.27. The van der Waals surface area contributed by atoms with Gasteiger partial charge in [-0.2, -0.15) is 13.2 Å². The number of alkyl halides is 3. The molecule has 2 atom stereocenters. The fourth-order valence-electron chi connectivity index (χ4n) is 2.62. The Kier molecular flexibility index (Phi) is 2.41. The summed E-state index contributed by atoms with van der Waals surface area (Å²) in [6.45, 7) is 1.38. The standard InChI is InChI=1S/C12H12F3NO/c13-12(14,15)8-1-2-9-7(5-8)6-10-11(9)16-3-4-17-10/h1-2,5,10-11,16H,3-4,6H2. The summed E-state index contributed by atoms with van der Waals surface area (Å²) in [5.74, 6) is 0. The van der Waals surface area contributed by atoms with Gasteiger partial charge in [0, 0.05) is 13.0 Å². The van der Waals surface area contributed by atoms with Crippen LogP contribution in [0.2, 0.25) is 0 Å². The topological polar surface area (TPSA) is 21.3 Å². The predicted octanol–water partition coefficient (Wildman–Crippen LogP) is 2.29. The Balaban J connectivity index is 1.97. The molecule has 1 aromatic rings. The van der Waals surface area contributed by atoms with Gasteiger partial charge in [0.15, 0.2) is 0 Å². The molecule has 1 aromatic carbocycles. The first-order chi connectivity index (χ1) is 8.05. The molecule has 0 saturated carbocycles. The molecule has 1 N–H and O–H groups in total. The van der Waals surface area contributed by atoms with Gasteiger partial charge < -0.3 is 10.1 Å². The first kappa shape index (κ1) is 11.0. The third-order valence-corrected chi connectivity index (χ3v) is 3.40. The molecule has 0 spiro atoms. The van der Waals surface area contributed by atoms with E-state index in [1.54, 1.807) is 6.07 Å². The van der Waals surface area contributed by atoms with Crippen LogP contribution < -0.4 is 5.32 Å². The molecular formula is C12H12F3NO. The zero-order valence-corrected chi connectivity index (χ0v) is 9.05. The summed E-state index contributed by atoms with van der Waals surface area (Å²) < 4.78 is 43.3. The van der Waals surface area contributed by atoms with E-state index in [9.17, 15) is 13.2 Å². The van der Waals surface area contributed by atoms with Crippen LogP contribution in [-0.2, 0) is 17.3 Å². The van der Waals surface area contributed by atoms with Crippen LogP contribution in [0.5, 0.6) is 0 Å². The minimum Gasteiger partial charge on any atom is -0.375 e. The fourth-order valence-corrected chi connectivity index (χ4v) is 2.62. The first-order valence-corrected chi connectivity index (χ1v) is 5.61. The summed E-state index contributed by atoms with van der Waals surface area (Å²) in [5, 5.41) is 3.29. The molecular weight excluding hydrogens is 231 g/mol. The minimum absolute atomic E-state index is 0.0118. The third-order valence-electron chi connectivity index (χ3n) is 3.40. The van der Waals surface area contributed by atoms with Crippen molar-refractivity contribution in [1.82, 2.24) is 5.32 Å². The van der Waals surface area contributed by atoms with E-state index in [1.165, 1.54) is 6.07 Å². The molecule has 5 heteroatoms. The van der Waals surface area contributed by atoms with E-state index in [2.05, 4.69) is 5.32 Å². The van der Waals surface area contributed by atoms with Crippen molar-refractivity contribution in [3.05, 3.63) is 34.9 Å². The molecule has 1 aliphatic heterocycles. The third kappa shape index (κ3) is 1.83. The van der Waals surface area contributed by atoms with E-state index in [-0.39, 0.29) is 12.1 Å². The molecule has 1 saturated heterocycles. The zero-order chi connectivity index (χ0) is 12.0. The summed E-state index contributed by atoms with van der Waals surface area (Å²) in [5.41, 5.74) is 1.13. The number of nitrogens with one attached hydrogen (secondary N) is 1.